The van der Waals surface area contributed by atoms with Gasteiger partial charge in [0.2, 0.25) is 5.95 Å². The van der Waals surface area contributed by atoms with Crippen LogP contribution in [0.4, 0.5) is 19.5 Å². The normalized spacial score (nSPS) is 17.4. The van der Waals surface area contributed by atoms with Gasteiger partial charge in [0.1, 0.15) is 10.7 Å². The molecule has 0 radical (unpaired) electrons. The van der Waals surface area contributed by atoms with Gasteiger partial charge in [-0.15, -0.1) is 0 Å². The van der Waals surface area contributed by atoms with Crippen LogP contribution < -0.4 is 4.90 Å². The molecule has 0 saturated carbocycles. The zero-order valence-corrected chi connectivity index (χ0v) is 22.7. The predicted octanol–water partition coefficient (Wildman–Crippen LogP) is 2.51. The number of halogens is 2. The first-order valence-electron chi connectivity index (χ1n) is 12.3. The van der Waals surface area contributed by atoms with E-state index in [2.05, 4.69) is 20.2 Å². The number of aryl methyl sites for hydroxylation is 1. The zero-order chi connectivity index (χ0) is 28.8. The van der Waals surface area contributed by atoms with Gasteiger partial charge in [-0.3, -0.25) is 0 Å². The molecule has 15 heteroatoms. The number of carbonyl (C=O) groups is 1. The molecule has 1 saturated heterocycles. The van der Waals surface area contributed by atoms with Gasteiger partial charge in [0.15, 0.2) is 21.5 Å². The van der Waals surface area contributed by atoms with E-state index in [1.807, 2.05) is 6.07 Å². The van der Waals surface area contributed by atoms with E-state index in [4.69, 9.17) is 0 Å². The number of carbonyl (C=O) groups excluding carboxylic acids is 1. The SMILES string of the molecule is Cc1nn(-c2nc(N3CCN(C(=O)N4N=CCC4c4cc(F)cc(C#N)c4)CC3)ncc2F)c(C)c1S(C)(=O)=O. The van der Waals surface area contributed by atoms with E-state index < -0.39 is 27.5 Å². The molecule has 0 N–H and O–H groups in total. The third kappa shape index (κ3) is 4.97. The van der Waals surface area contributed by atoms with Gasteiger partial charge in [-0.05, 0) is 37.6 Å². The number of hydrogen-bond acceptors (Lipinski definition) is 9. The molecule has 5 rings (SSSR count). The average molecular weight is 570 g/mol. The first-order valence-corrected chi connectivity index (χ1v) is 14.2. The molecule has 40 heavy (non-hydrogen) atoms. The lowest BCUT2D eigenvalue weighted by molar-refractivity contribution is 0.139. The Kier molecular flexibility index (Phi) is 6.96. The highest BCUT2D eigenvalue weighted by molar-refractivity contribution is 7.90. The number of anilines is 1. The predicted molar refractivity (Wildman–Crippen MR) is 140 cm³/mol. The van der Waals surface area contributed by atoms with E-state index in [0.717, 1.165) is 23.2 Å². The molecule has 12 nitrogen and oxygen atoms in total. The molecular formula is C25H25F2N9O3S. The van der Waals surface area contributed by atoms with Crippen molar-refractivity contribution in [3.8, 4) is 11.9 Å². The molecule has 2 aromatic heterocycles. The van der Waals surface area contributed by atoms with Gasteiger partial charge in [-0.25, -0.2) is 36.7 Å². The summed E-state index contributed by atoms with van der Waals surface area (Å²) in [5, 5.41) is 18.9. The molecule has 208 valence electrons. The quantitative estimate of drug-likeness (QED) is 0.467. The Morgan fingerprint density at radius 2 is 1.85 bits per heavy atom. The molecule has 0 bridgehead atoms. The fraction of sp³-hybridized carbons (Fsp3) is 0.360. The van der Waals surface area contributed by atoms with Crippen LogP contribution in [0.25, 0.3) is 5.82 Å². The lowest BCUT2D eigenvalue weighted by Gasteiger charge is -2.37. The molecule has 0 spiro atoms. The van der Waals surface area contributed by atoms with Gasteiger partial charge in [0.25, 0.3) is 0 Å². The van der Waals surface area contributed by atoms with Crippen LogP contribution >= 0.6 is 0 Å². The van der Waals surface area contributed by atoms with E-state index in [0.29, 0.717) is 38.2 Å². The molecule has 3 aromatic rings. The molecule has 0 aliphatic carbocycles. The van der Waals surface area contributed by atoms with Crippen molar-refractivity contribution in [2.75, 3.05) is 37.3 Å². The third-order valence-corrected chi connectivity index (χ3v) is 8.13. The maximum atomic E-state index is 14.8. The van der Waals surface area contributed by atoms with Crippen LogP contribution in [-0.4, -0.2) is 82.8 Å². The first-order chi connectivity index (χ1) is 19.0. The highest BCUT2D eigenvalue weighted by Gasteiger charge is 2.34. The number of hydrogen-bond donors (Lipinski definition) is 0. The molecule has 1 unspecified atom stereocenters. The van der Waals surface area contributed by atoms with Crippen LogP contribution in [0.3, 0.4) is 0 Å². The molecule has 1 atom stereocenters. The summed E-state index contributed by atoms with van der Waals surface area (Å²) in [6.45, 7) is 4.31. The topological polar surface area (TPSA) is 141 Å². The number of benzene rings is 1. The maximum absolute atomic E-state index is 14.8. The fourth-order valence-corrected chi connectivity index (χ4v) is 6.21. The summed E-state index contributed by atoms with van der Waals surface area (Å²) in [7, 11) is -3.59. The average Bonchev–Trinajstić information content (AvgIpc) is 3.52. The number of sulfone groups is 1. The molecule has 4 heterocycles. The van der Waals surface area contributed by atoms with Crippen molar-refractivity contribution in [1.29, 1.82) is 5.26 Å². The maximum Gasteiger partial charge on any atom is 0.341 e. The Balaban J connectivity index is 1.32. The Bertz CT molecular complexity index is 1680. The molecule has 2 aliphatic rings. The van der Waals surface area contributed by atoms with Crippen molar-refractivity contribution in [2.24, 2.45) is 5.10 Å². The lowest BCUT2D eigenvalue weighted by atomic mass is 10.0. The Hall–Kier alpha value is -4.45. The van der Waals surface area contributed by atoms with Crippen LogP contribution in [0.2, 0.25) is 0 Å². The van der Waals surface area contributed by atoms with Crippen LogP contribution in [0, 0.1) is 36.8 Å². The second-order valence-electron chi connectivity index (χ2n) is 9.56. The number of aromatic nitrogens is 4. The Morgan fingerprint density at radius 3 is 2.50 bits per heavy atom. The summed E-state index contributed by atoms with van der Waals surface area (Å²) >= 11 is 0. The largest absolute Gasteiger partial charge is 0.341 e. The van der Waals surface area contributed by atoms with Crippen molar-refractivity contribution in [2.45, 2.75) is 31.2 Å². The van der Waals surface area contributed by atoms with E-state index >= 15 is 0 Å². The summed E-state index contributed by atoms with van der Waals surface area (Å²) < 4.78 is 54.3. The van der Waals surface area contributed by atoms with Gasteiger partial charge >= 0.3 is 6.03 Å². The monoisotopic (exact) mass is 569 g/mol. The van der Waals surface area contributed by atoms with Gasteiger partial charge < -0.3 is 9.80 Å². The first kappa shape index (κ1) is 27.1. The van der Waals surface area contributed by atoms with Crippen LogP contribution in [0.5, 0.6) is 0 Å². The number of hydrazone groups is 1. The van der Waals surface area contributed by atoms with Crippen molar-refractivity contribution in [1.82, 2.24) is 29.7 Å². The van der Waals surface area contributed by atoms with E-state index in [1.165, 1.54) is 24.9 Å². The van der Waals surface area contributed by atoms with Crippen LogP contribution in [0.1, 0.15) is 35.0 Å². The van der Waals surface area contributed by atoms with Gasteiger partial charge in [-0.2, -0.15) is 20.4 Å². The summed E-state index contributed by atoms with van der Waals surface area (Å²) in [4.78, 5) is 25.2. The summed E-state index contributed by atoms with van der Waals surface area (Å²) in [6, 6.07) is 5.00. The zero-order valence-electron chi connectivity index (χ0n) is 21.9. The number of amides is 2. The van der Waals surface area contributed by atoms with E-state index in [1.54, 1.807) is 22.1 Å². The van der Waals surface area contributed by atoms with Crippen molar-refractivity contribution >= 4 is 28.0 Å². The Labute approximate surface area is 229 Å². The number of nitriles is 1. The molecule has 2 amide bonds. The molecular weight excluding hydrogens is 544 g/mol. The molecule has 2 aliphatic heterocycles. The summed E-state index contributed by atoms with van der Waals surface area (Å²) in [5.74, 6) is -1.30. The second-order valence-corrected chi connectivity index (χ2v) is 11.5. The summed E-state index contributed by atoms with van der Waals surface area (Å²) in [5.41, 5.74) is 1.11. The highest BCUT2D eigenvalue weighted by Crippen LogP contribution is 2.31. The number of nitrogens with zero attached hydrogens (tertiary/aromatic N) is 9. The standard InChI is InChI=1S/C25H25F2N9O3S/c1-15-22(40(3,38)39)16(2)35(32-15)23-20(27)14-29-24(31-23)33-6-8-34(9-7-33)25(37)36-21(4-5-30-36)18-10-17(13-28)11-19(26)12-18/h5,10-12,14,21H,4,6-9H2,1-3H3. The number of rotatable bonds is 4. The fourth-order valence-electron chi connectivity index (χ4n) is 5.01. The van der Waals surface area contributed by atoms with Gasteiger partial charge in [0.05, 0.1) is 35.3 Å². The Morgan fingerprint density at radius 1 is 1.12 bits per heavy atom. The minimum absolute atomic E-state index is 0.0177. The van der Waals surface area contributed by atoms with E-state index in [9.17, 15) is 27.3 Å². The highest BCUT2D eigenvalue weighted by atomic mass is 32.2. The second kappa shape index (κ2) is 10.3. The van der Waals surface area contributed by atoms with E-state index in [-0.39, 0.29) is 39.6 Å². The smallest absolute Gasteiger partial charge is 0.337 e. The molecule has 1 fully saturated rings. The molecule has 1 aromatic carbocycles. The summed E-state index contributed by atoms with van der Waals surface area (Å²) in [6.07, 6.45) is 4.04. The van der Waals surface area contributed by atoms with Crippen molar-refractivity contribution < 1.29 is 22.0 Å². The lowest BCUT2D eigenvalue weighted by Crippen LogP contribution is -2.52. The van der Waals surface area contributed by atoms with Crippen LogP contribution in [-0.2, 0) is 9.84 Å². The minimum Gasteiger partial charge on any atom is -0.337 e. The minimum atomic E-state index is -3.59. The third-order valence-electron chi connectivity index (χ3n) is 6.80. The number of urea groups is 1. The number of piperazine rings is 1. The van der Waals surface area contributed by atoms with Gasteiger partial charge in [0, 0.05) is 45.1 Å². The van der Waals surface area contributed by atoms with Crippen LogP contribution in [0.15, 0.2) is 34.4 Å². The van der Waals surface area contributed by atoms with Gasteiger partial charge in [-0.1, -0.05) is 0 Å². The van der Waals surface area contributed by atoms with Crippen molar-refractivity contribution in [3.05, 3.63) is 58.5 Å². The van der Waals surface area contributed by atoms with Crippen molar-refractivity contribution in [3.63, 3.8) is 0 Å².